The highest BCUT2D eigenvalue weighted by Gasteiger charge is 2.32. The summed E-state index contributed by atoms with van der Waals surface area (Å²) >= 11 is 0.722. The normalized spacial score (nSPS) is 14.5. The first-order valence-corrected chi connectivity index (χ1v) is 4.69. The quantitative estimate of drug-likeness (QED) is 0.795. The molecule has 1 aromatic heterocycles. The Morgan fingerprint density at radius 1 is 1.46 bits per heavy atom. The number of thiophene rings is 1. The summed E-state index contributed by atoms with van der Waals surface area (Å²) in [4.78, 5) is 0.0150. The van der Waals surface area contributed by atoms with Crippen LogP contribution in [0.3, 0.4) is 0 Å². The Morgan fingerprint density at radius 3 is 2.46 bits per heavy atom. The van der Waals surface area contributed by atoms with Crippen molar-refractivity contribution in [2.24, 2.45) is 5.73 Å². The number of halogens is 3. The van der Waals surface area contributed by atoms with Gasteiger partial charge < -0.3 is 5.73 Å². The maximum absolute atomic E-state index is 12.1. The molecule has 2 N–H and O–H groups in total. The van der Waals surface area contributed by atoms with Gasteiger partial charge in [-0.1, -0.05) is 6.92 Å². The molecule has 0 fully saturated rings. The van der Waals surface area contributed by atoms with Crippen molar-refractivity contribution in [1.82, 2.24) is 0 Å². The van der Waals surface area contributed by atoms with E-state index in [0.29, 0.717) is 11.3 Å². The summed E-state index contributed by atoms with van der Waals surface area (Å²) < 4.78 is 36.4. The van der Waals surface area contributed by atoms with E-state index in [1.807, 2.05) is 6.92 Å². The molecule has 0 aromatic carbocycles. The van der Waals surface area contributed by atoms with Crippen molar-refractivity contribution in [3.8, 4) is 0 Å². The van der Waals surface area contributed by atoms with Crippen LogP contribution < -0.4 is 5.73 Å². The second-order valence-corrected chi connectivity index (χ2v) is 3.83. The Hall–Kier alpha value is -0.550. The predicted molar refractivity (Wildman–Crippen MR) is 46.5 cm³/mol. The molecule has 0 aliphatic heterocycles. The molecule has 0 bridgehead atoms. The highest BCUT2D eigenvalue weighted by molar-refractivity contribution is 7.12. The van der Waals surface area contributed by atoms with E-state index in [2.05, 4.69) is 0 Å². The van der Waals surface area contributed by atoms with E-state index >= 15 is 0 Å². The molecule has 0 saturated heterocycles. The molecular formula is C8H10F3NS. The zero-order valence-corrected chi connectivity index (χ0v) is 7.88. The smallest absolute Gasteiger partial charge is 0.323 e. The van der Waals surface area contributed by atoms with Crippen molar-refractivity contribution >= 4 is 11.3 Å². The maximum Gasteiger partial charge on any atom is 0.425 e. The number of hydrogen-bond donors (Lipinski definition) is 1. The van der Waals surface area contributed by atoms with Crippen molar-refractivity contribution in [3.05, 3.63) is 21.9 Å². The molecule has 0 radical (unpaired) electrons. The van der Waals surface area contributed by atoms with Gasteiger partial charge in [-0.25, -0.2) is 0 Å². The molecule has 0 amide bonds. The number of nitrogens with two attached hydrogens (primary N) is 1. The van der Waals surface area contributed by atoms with Crippen molar-refractivity contribution in [2.45, 2.75) is 25.6 Å². The van der Waals surface area contributed by atoms with Gasteiger partial charge in [0.05, 0.1) is 0 Å². The van der Waals surface area contributed by atoms with Crippen LogP contribution in [-0.2, 0) is 6.18 Å². The van der Waals surface area contributed by atoms with Gasteiger partial charge in [0.15, 0.2) is 0 Å². The van der Waals surface area contributed by atoms with E-state index in [9.17, 15) is 13.2 Å². The molecule has 0 aliphatic carbocycles. The Balaban J connectivity index is 2.87. The summed E-state index contributed by atoms with van der Waals surface area (Å²) in [5.74, 6) is 0. The van der Waals surface area contributed by atoms with Gasteiger partial charge in [0.25, 0.3) is 0 Å². The largest absolute Gasteiger partial charge is 0.425 e. The molecule has 13 heavy (non-hydrogen) atoms. The van der Waals surface area contributed by atoms with Gasteiger partial charge in [-0.3, -0.25) is 0 Å². The second kappa shape index (κ2) is 3.67. The molecular weight excluding hydrogens is 199 g/mol. The van der Waals surface area contributed by atoms with Crippen LogP contribution >= 0.6 is 11.3 Å². The predicted octanol–water partition coefficient (Wildman–Crippen LogP) is 3.18. The molecule has 1 atom stereocenters. The van der Waals surface area contributed by atoms with E-state index in [-0.39, 0.29) is 6.04 Å². The number of rotatable bonds is 2. The van der Waals surface area contributed by atoms with Gasteiger partial charge in [0.2, 0.25) is 0 Å². The molecule has 0 saturated carbocycles. The van der Waals surface area contributed by atoms with Crippen molar-refractivity contribution in [2.75, 3.05) is 0 Å². The average molecular weight is 209 g/mol. The van der Waals surface area contributed by atoms with E-state index in [1.54, 1.807) is 0 Å². The second-order valence-electron chi connectivity index (χ2n) is 2.71. The van der Waals surface area contributed by atoms with Crippen LogP contribution in [0.15, 0.2) is 12.1 Å². The zero-order chi connectivity index (χ0) is 10.1. The fourth-order valence-electron chi connectivity index (χ4n) is 0.906. The summed E-state index contributed by atoms with van der Waals surface area (Å²) in [5.41, 5.74) is 5.59. The molecule has 1 heterocycles. The van der Waals surface area contributed by atoms with E-state index < -0.39 is 11.1 Å². The summed E-state index contributed by atoms with van der Waals surface area (Å²) in [7, 11) is 0. The summed E-state index contributed by atoms with van der Waals surface area (Å²) in [5, 5.41) is 0. The lowest BCUT2D eigenvalue weighted by atomic mass is 10.2. The van der Waals surface area contributed by atoms with Crippen LogP contribution in [0.1, 0.15) is 29.1 Å². The highest BCUT2D eigenvalue weighted by Crippen LogP contribution is 2.36. The molecule has 1 rings (SSSR count). The lowest BCUT2D eigenvalue weighted by Gasteiger charge is -2.04. The van der Waals surface area contributed by atoms with Crippen LogP contribution in [0.2, 0.25) is 0 Å². The average Bonchev–Trinajstić information content (AvgIpc) is 2.50. The van der Waals surface area contributed by atoms with E-state index in [4.69, 9.17) is 5.73 Å². The molecule has 5 heteroatoms. The van der Waals surface area contributed by atoms with Gasteiger partial charge in [-0.2, -0.15) is 13.2 Å². The zero-order valence-electron chi connectivity index (χ0n) is 7.06. The highest BCUT2D eigenvalue weighted by atomic mass is 32.1. The van der Waals surface area contributed by atoms with Gasteiger partial charge >= 0.3 is 6.18 Å². The van der Waals surface area contributed by atoms with Gasteiger partial charge in [0.1, 0.15) is 4.88 Å². The SMILES string of the molecule is CCC(N)c1ccc(C(F)(F)F)s1. The first-order valence-electron chi connectivity index (χ1n) is 3.87. The molecule has 0 aliphatic rings. The Bertz CT molecular complexity index is 279. The molecule has 1 unspecified atom stereocenters. The minimum Gasteiger partial charge on any atom is -0.323 e. The standard InChI is InChI=1S/C8H10F3NS/c1-2-5(12)6-3-4-7(13-6)8(9,10)11/h3-5H,2,12H2,1H3. The Labute approximate surface area is 78.4 Å². The Morgan fingerprint density at radius 2 is 2.08 bits per heavy atom. The maximum atomic E-state index is 12.1. The van der Waals surface area contributed by atoms with Crippen LogP contribution in [0.4, 0.5) is 13.2 Å². The minimum absolute atomic E-state index is 0.277. The van der Waals surface area contributed by atoms with E-state index in [1.165, 1.54) is 6.07 Å². The molecule has 1 nitrogen and oxygen atoms in total. The number of alkyl halides is 3. The first-order chi connectivity index (χ1) is 5.95. The fraction of sp³-hybridized carbons (Fsp3) is 0.500. The lowest BCUT2D eigenvalue weighted by molar-refractivity contribution is -0.134. The monoisotopic (exact) mass is 209 g/mol. The summed E-state index contributed by atoms with van der Waals surface area (Å²) in [6.07, 6.45) is -3.59. The van der Waals surface area contributed by atoms with Crippen molar-refractivity contribution in [1.29, 1.82) is 0 Å². The van der Waals surface area contributed by atoms with Gasteiger partial charge in [0, 0.05) is 10.9 Å². The molecule has 0 spiro atoms. The van der Waals surface area contributed by atoms with Crippen molar-refractivity contribution < 1.29 is 13.2 Å². The Kier molecular flexibility index (Phi) is 2.98. The summed E-state index contributed by atoms with van der Waals surface area (Å²) in [6.45, 7) is 1.84. The fourth-order valence-corrected chi connectivity index (χ4v) is 1.87. The first kappa shape index (κ1) is 10.5. The third-order valence-corrected chi connectivity index (χ3v) is 2.97. The van der Waals surface area contributed by atoms with Gasteiger partial charge in [-0.15, -0.1) is 11.3 Å². The van der Waals surface area contributed by atoms with E-state index in [0.717, 1.165) is 17.4 Å². The minimum atomic E-state index is -4.24. The third-order valence-electron chi connectivity index (χ3n) is 1.71. The van der Waals surface area contributed by atoms with Crippen LogP contribution in [-0.4, -0.2) is 0 Å². The third kappa shape index (κ3) is 2.45. The van der Waals surface area contributed by atoms with Crippen LogP contribution in [0.25, 0.3) is 0 Å². The molecule has 1 aromatic rings. The topological polar surface area (TPSA) is 26.0 Å². The van der Waals surface area contributed by atoms with Crippen LogP contribution in [0, 0.1) is 0 Å². The lowest BCUT2D eigenvalue weighted by Crippen LogP contribution is -2.06. The van der Waals surface area contributed by atoms with Crippen molar-refractivity contribution in [3.63, 3.8) is 0 Å². The number of hydrogen-bond acceptors (Lipinski definition) is 2. The van der Waals surface area contributed by atoms with Gasteiger partial charge in [-0.05, 0) is 18.6 Å². The molecule has 74 valence electrons. The van der Waals surface area contributed by atoms with Crippen LogP contribution in [0.5, 0.6) is 0 Å². The summed E-state index contributed by atoms with van der Waals surface area (Å²) in [6, 6.07) is 2.25.